The number of hydrogen-bond donors (Lipinski definition) is 1. The topological polar surface area (TPSA) is 40.3 Å². The first-order valence-electron chi connectivity index (χ1n) is 5.37. The van der Waals surface area contributed by atoms with Crippen molar-refractivity contribution in [2.24, 2.45) is 0 Å². The molecule has 3 nitrogen and oxygen atoms in total. The van der Waals surface area contributed by atoms with Crippen LogP contribution >= 0.6 is 0 Å². The Morgan fingerprint density at radius 3 is 2.62 bits per heavy atom. The Morgan fingerprint density at radius 2 is 2.06 bits per heavy atom. The molecule has 1 N–H and O–H groups in total. The Bertz CT molecular complexity index is 417. The standard InChI is InChI=1S/C12H17NO2S/c1-12(2)8-13(12)9-16(15)11-6-4-3-5-10(11)7-14/h3-6,14H,7-9H2,1-2H3. The van der Waals surface area contributed by atoms with Crippen LogP contribution in [-0.4, -0.2) is 32.2 Å². The molecule has 0 aliphatic carbocycles. The van der Waals surface area contributed by atoms with E-state index in [0.717, 1.165) is 17.0 Å². The van der Waals surface area contributed by atoms with E-state index in [0.29, 0.717) is 5.88 Å². The van der Waals surface area contributed by atoms with Crippen molar-refractivity contribution in [1.29, 1.82) is 0 Å². The van der Waals surface area contributed by atoms with Gasteiger partial charge in [-0.2, -0.15) is 0 Å². The van der Waals surface area contributed by atoms with Gasteiger partial charge in [-0.25, -0.2) is 0 Å². The first kappa shape index (κ1) is 11.8. The molecule has 1 aromatic rings. The zero-order chi connectivity index (χ0) is 11.8. The van der Waals surface area contributed by atoms with E-state index in [2.05, 4.69) is 18.7 Å². The van der Waals surface area contributed by atoms with Gasteiger partial charge in [-0.15, -0.1) is 0 Å². The summed E-state index contributed by atoms with van der Waals surface area (Å²) in [5, 5.41) is 9.17. The molecule has 2 rings (SSSR count). The van der Waals surface area contributed by atoms with Gasteiger partial charge in [0.15, 0.2) is 0 Å². The minimum absolute atomic E-state index is 0.0503. The maximum absolute atomic E-state index is 12.1. The van der Waals surface area contributed by atoms with E-state index >= 15 is 0 Å². The van der Waals surface area contributed by atoms with E-state index in [-0.39, 0.29) is 12.1 Å². The molecule has 1 aromatic carbocycles. The Kier molecular flexibility index (Phi) is 3.15. The van der Waals surface area contributed by atoms with Crippen LogP contribution in [0.4, 0.5) is 0 Å². The molecule has 0 bridgehead atoms. The Labute approximate surface area is 98.5 Å². The molecule has 1 aliphatic heterocycles. The third-order valence-corrected chi connectivity index (χ3v) is 4.43. The second-order valence-corrected chi connectivity index (χ2v) is 6.14. The van der Waals surface area contributed by atoms with Crippen LogP contribution in [0, 0.1) is 0 Å². The molecule has 0 radical (unpaired) electrons. The Hall–Kier alpha value is -0.710. The van der Waals surface area contributed by atoms with Gasteiger partial charge < -0.3 is 5.11 Å². The van der Waals surface area contributed by atoms with Crippen LogP contribution < -0.4 is 0 Å². The smallest absolute Gasteiger partial charge is 0.0800 e. The molecule has 4 heteroatoms. The third-order valence-electron chi connectivity index (χ3n) is 2.99. The quantitative estimate of drug-likeness (QED) is 0.806. The summed E-state index contributed by atoms with van der Waals surface area (Å²) >= 11 is 0. The van der Waals surface area contributed by atoms with Crippen LogP contribution in [0.15, 0.2) is 29.2 Å². The molecule has 0 spiro atoms. The summed E-state index contributed by atoms with van der Waals surface area (Å²) in [7, 11) is -1.04. The summed E-state index contributed by atoms with van der Waals surface area (Å²) in [4.78, 5) is 2.93. The molecule has 16 heavy (non-hydrogen) atoms. The predicted molar refractivity (Wildman–Crippen MR) is 64.4 cm³/mol. The molecular formula is C12H17NO2S. The number of rotatable bonds is 4. The van der Waals surface area contributed by atoms with Gasteiger partial charge in [0.05, 0.1) is 23.3 Å². The maximum Gasteiger partial charge on any atom is 0.0800 e. The molecule has 0 saturated carbocycles. The van der Waals surface area contributed by atoms with Crippen molar-refractivity contribution in [2.75, 3.05) is 12.4 Å². The SMILES string of the molecule is CC1(C)CN1CS(=O)c1ccccc1CO. The summed E-state index contributed by atoms with van der Waals surface area (Å²) < 4.78 is 12.1. The van der Waals surface area contributed by atoms with Crippen LogP contribution in [-0.2, 0) is 17.4 Å². The van der Waals surface area contributed by atoms with Gasteiger partial charge in [0.2, 0.25) is 0 Å². The summed E-state index contributed by atoms with van der Waals surface area (Å²) in [6.45, 7) is 5.23. The number of hydrogen-bond acceptors (Lipinski definition) is 3. The maximum atomic E-state index is 12.1. The fraction of sp³-hybridized carbons (Fsp3) is 0.500. The zero-order valence-electron chi connectivity index (χ0n) is 9.64. The number of benzene rings is 1. The summed E-state index contributed by atoms with van der Waals surface area (Å²) in [6, 6.07) is 7.37. The Balaban J connectivity index is 2.09. The van der Waals surface area contributed by atoms with Crippen molar-refractivity contribution in [3.63, 3.8) is 0 Å². The van der Waals surface area contributed by atoms with Crippen LogP contribution in [0.1, 0.15) is 19.4 Å². The van der Waals surface area contributed by atoms with Crippen molar-refractivity contribution >= 4 is 10.8 Å². The van der Waals surface area contributed by atoms with Crippen LogP contribution in [0.3, 0.4) is 0 Å². The summed E-state index contributed by atoms with van der Waals surface area (Å²) in [6.07, 6.45) is 0. The van der Waals surface area contributed by atoms with E-state index in [1.165, 1.54) is 0 Å². The van der Waals surface area contributed by atoms with Crippen molar-refractivity contribution in [1.82, 2.24) is 4.90 Å². The minimum atomic E-state index is -1.04. The molecule has 0 amide bonds. The fourth-order valence-electron chi connectivity index (χ4n) is 1.72. The number of nitrogens with zero attached hydrogens (tertiary/aromatic N) is 1. The van der Waals surface area contributed by atoms with Crippen molar-refractivity contribution < 1.29 is 9.32 Å². The van der Waals surface area contributed by atoms with Gasteiger partial charge in [0, 0.05) is 17.0 Å². The van der Waals surface area contributed by atoms with E-state index < -0.39 is 10.8 Å². The lowest BCUT2D eigenvalue weighted by Crippen LogP contribution is -2.15. The van der Waals surface area contributed by atoms with Crippen LogP contribution in [0.2, 0.25) is 0 Å². The highest BCUT2D eigenvalue weighted by molar-refractivity contribution is 7.85. The minimum Gasteiger partial charge on any atom is -0.392 e. The molecule has 2 atom stereocenters. The van der Waals surface area contributed by atoms with E-state index in [1.54, 1.807) is 0 Å². The molecular weight excluding hydrogens is 222 g/mol. The Morgan fingerprint density at radius 1 is 1.44 bits per heavy atom. The molecule has 0 aromatic heterocycles. The lowest BCUT2D eigenvalue weighted by molar-refractivity contribution is 0.278. The van der Waals surface area contributed by atoms with Gasteiger partial charge in [0.25, 0.3) is 0 Å². The molecule has 1 saturated heterocycles. The third kappa shape index (κ3) is 2.34. The van der Waals surface area contributed by atoms with Crippen LogP contribution in [0.5, 0.6) is 0 Å². The lowest BCUT2D eigenvalue weighted by Gasteiger charge is -2.09. The number of aliphatic hydroxyl groups is 1. The predicted octanol–water partition coefficient (Wildman–Crippen LogP) is 1.34. The van der Waals surface area contributed by atoms with Crippen molar-refractivity contribution in [3.05, 3.63) is 29.8 Å². The molecule has 88 valence electrons. The first-order chi connectivity index (χ1) is 7.54. The highest BCUT2D eigenvalue weighted by atomic mass is 32.2. The second-order valence-electron chi connectivity index (χ2n) is 4.75. The van der Waals surface area contributed by atoms with Gasteiger partial charge >= 0.3 is 0 Å². The fourth-order valence-corrected chi connectivity index (χ4v) is 3.24. The highest BCUT2D eigenvalue weighted by Gasteiger charge is 2.43. The summed E-state index contributed by atoms with van der Waals surface area (Å²) in [5.41, 5.74) is 0.963. The monoisotopic (exact) mass is 239 g/mol. The second kappa shape index (κ2) is 4.28. The molecule has 1 aliphatic rings. The highest BCUT2D eigenvalue weighted by Crippen LogP contribution is 2.31. The zero-order valence-corrected chi connectivity index (χ0v) is 10.5. The van der Waals surface area contributed by atoms with E-state index in [4.69, 9.17) is 0 Å². The summed E-state index contributed by atoms with van der Waals surface area (Å²) in [5.74, 6) is 0.560. The van der Waals surface area contributed by atoms with Crippen molar-refractivity contribution in [3.8, 4) is 0 Å². The number of aliphatic hydroxyl groups excluding tert-OH is 1. The average molecular weight is 239 g/mol. The van der Waals surface area contributed by atoms with Gasteiger partial charge in [-0.05, 0) is 25.5 Å². The lowest BCUT2D eigenvalue weighted by atomic mass is 10.2. The molecule has 1 heterocycles. The van der Waals surface area contributed by atoms with Gasteiger partial charge in [-0.1, -0.05) is 18.2 Å². The van der Waals surface area contributed by atoms with Crippen LogP contribution in [0.25, 0.3) is 0 Å². The largest absolute Gasteiger partial charge is 0.392 e. The van der Waals surface area contributed by atoms with Gasteiger partial charge in [0.1, 0.15) is 0 Å². The first-order valence-corrected chi connectivity index (χ1v) is 6.69. The van der Waals surface area contributed by atoms with Gasteiger partial charge in [-0.3, -0.25) is 9.11 Å². The normalized spacial score (nSPS) is 24.1. The average Bonchev–Trinajstić information content (AvgIpc) is 2.85. The molecule has 1 fully saturated rings. The van der Waals surface area contributed by atoms with E-state index in [1.807, 2.05) is 24.3 Å². The molecule has 2 unspecified atom stereocenters. The van der Waals surface area contributed by atoms with E-state index in [9.17, 15) is 9.32 Å². The van der Waals surface area contributed by atoms with Crippen molar-refractivity contribution in [2.45, 2.75) is 30.9 Å².